The summed E-state index contributed by atoms with van der Waals surface area (Å²) >= 11 is 1.76. The van der Waals surface area contributed by atoms with Crippen LogP contribution in [0.15, 0.2) is 18.2 Å². The Balaban J connectivity index is 2.27. The van der Waals surface area contributed by atoms with Gasteiger partial charge in [0, 0.05) is 24.9 Å². The minimum absolute atomic E-state index is 0.00135. The van der Waals surface area contributed by atoms with Crippen LogP contribution in [0.4, 0.5) is 8.78 Å². The number of benzene rings is 1. The first-order chi connectivity index (χ1) is 8.65. The average molecular weight is 275 g/mol. The number of halogens is 2. The monoisotopic (exact) mass is 275 g/mol. The van der Waals surface area contributed by atoms with Gasteiger partial charge in [0.05, 0.1) is 0 Å². The van der Waals surface area contributed by atoms with Crippen LogP contribution < -0.4 is 5.32 Å². The van der Waals surface area contributed by atoms with Crippen molar-refractivity contribution >= 4 is 11.8 Å². The van der Waals surface area contributed by atoms with Gasteiger partial charge in [-0.2, -0.15) is 11.8 Å². The highest BCUT2D eigenvalue weighted by Crippen LogP contribution is 2.15. The van der Waals surface area contributed by atoms with E-state index in [-0.39, 0.29) is 12.6 Å². The summed E-state index contributed by atoms with van der Waals surface area (Å²) in [5.41, 5.74) is 0.745. The molecule has 0 aromatic heterocycles. The molecular weight excluding hydrogens is 256 g/mol. The zero-order valence-electron chi connectivity index (χ0n) is 10.5. The van der Waals surface area contributed by atoms with Crippen LogP contribution in [0.25, 0.3) is 0 Å². The maximum Gasteiger partial charge on any atom is 0.159 e. The minimum atomic E-state index is -0.814. The molecule has 0 aliphatic heterocycles. The highest BCUT2D eigenvalue weighted by molar-refractivity contribution is 7.99. The molecule has 0 aliphatic rings. The van der Waals surface area contributed by atoms with Crippen molar-refractivity contribution in [1.29, 1.82) is 0 Å². The number of hydrogen-bond donors (Lipinski definition) is 2. The number of nitrogens with one attached hydrogen (secondary N) is 1. The third-order valence-corrected chi connectivity index (χ3v) is 3.66. The van der Waals surface area contributed by atoms with Gasteiger partial charge in [0.2, 0.25) is 0 Å². The Labute approximate surface area is 111 Å². The third-order valence-electron chi connectivity index (χ3n) is 2.59. The number of aliphatic hydroxyl groups is 1. The first kappa shape index (κ1) is 15.4. The third kappa shape index (κ3) is 5.33. The van der Waals surface area contributed by atoms with Crippen LogP contribution in [-0.2, 0) is 0 Å². The highest BCUT2D eigenvalue weighted by Gasteiger charge is 2.08. The fourth-order valence-electron chi connectivity index (χ4n) is 1.52. The first-order valence-corrected chi connectivity index (χ1v) is 7.17. The molecule has 0 spiro atoms. The molecule has 0 bridgehead atoms. The summed E-state index contributed by atoms with van der Waals surface area (Å²) in [5.74, 6) is 0.259. The van der Waals surface area contributed by atoms with E-state index in [4.69, 9.17) is 5.11 Å². The van der Waals surface area contributed by atoms with Gasteiger partial charge in [0.15, 0.2) is 11.6 Å². The first-order valence-electron chi connectivity index (χ1n) is 6.02. The Morgan fingerprint density at radius 1 is 1.28 bits per heavy atom. The lowest BCUT2D eigenvalue weighted by atomic mass is 10.1. The minimum Gasteiger partial charge on any atom is -0.396 e. The van der Waals surface area contributed by atoms with Crippen LogP contribution in [0.1, 0.15) is 24.9 Å². The number of rotatable bonds is 8. The van der Waals surface area contributed by atoms with Gasteiger partial charge in [0.1, 0.15) is 0 Å². The van der Waals surface area contributed by atoms with Gasteiger partial charge < -0.3 is 10.4 Å². The van der Waals surface area contributed by atoms with Crippen molar-refractivity contribution in [2.75, 3.05) is 24.7 Å². The molecule has 1 aromatic rings. The van der Waals surface area contributed by atoms with E-state index in [0.717, 1.165) is 36.1 Å². The predicted molar refractivity (Wildman–Crippen MR) is 71.8 cm³/mol. The Morgan fingerprint density at radius 3 is 2.72 bits per heavy atom. The second kappa shape index (κ2) is 8.45. The second-order valence-corrected chi connectivity index (χ2v) is 5.26. The Bertz CT molecular complexity index is 363. The van der Waals surface area contributed by atoms with Gasteiger partial charge >= 0.3 is 0 Å². The lowest BCUT2D eigenvalue weighted by Crippen LogP contribution is -2.21. The molecule has 2 N–H and O–H groups in total. The second-order valence-electron chi connectivity index (χ2n) is 4.04. The van der Waals surface area contributed by atoms with E-state index in [1.54, 1.807) is 17.8 Å². The standard InChI is InChI=1S/C13H19F2NOS/c1-10(16-5-8-18-7-2-6-17)11-3-4-12(14)13(15)9-11/h3-4,9-10,16-17H,2,5-8H2,1H3. The summed E-state index contributed by atoms with van der Waals surface area (Å²) in [6.45, 7) is 2.95. The highest BCUT2D eigenvalue weighted by atomic mass is 32.2. The summed E-state index contributed by atoms with van der Waals surface area (Å²) < 4.78 is 25.8. The molecule has 1 unspecified atom stereocenters. The molecular formula is C13H19F2NOS. The molecule has 2 nitrogen and oxygen atoms in total. The molecule has 18 heavy (non-hydrogen) atoms. The summed E-state index contributed by atoms with van der Waals surface area (Å²) in [7, 11) is 0. The maximum absolute atomic E-state index is 13.0. The van der Waals surface area contributed by atoms with E-state index in [1.807, 2.05) is 6.92 Å². The molecule has 5 heteroatoms. The SMILES string of the molecule is CC(NCCSCCCO)c1ccc(F)c(F)c1. The van der Waals surface area contributed by atoms with Crippen molar-refractivity contribution in [3.05, 3.63) is 35.4 Å². The maximum atomic E-state index is 13.0. The number of aliphatic hydroxyl groups excluding tert-OH is 1. The van der Waals surface area contributed by atoms with Gasteiger partial charge in [-0.1, -0.05) is 6.07 Å². The molecule has 0 fully saturated rings. The van der Waals surface area contributed by atoms with E-state index in [2.05, 4.69) is 5.32 Å². The van der Waals surface area contributed by atoms with E-state index in [1.165, 1.54) is 6.07 Å². The Hall–Kier alpha value is -0.650. The zero-order chi connectivity index (χ0) is 13.4. The van der Waals surface area contributed by atoms with Gasteiger partial charge in [0.25, 0.3) is 0 Å². The molecule has 102 valence electrons. The van der Waals surface area contributed by atoms with Crippen LogP contribution in [0.3, 0.4) is 0 Å². The van der Waals surface area contributed by atoms with Crippen LogP contribution in [0, 0.1) is 11.6 Å². The number of thioether (sulfide) groups is 1. The Morgan fingerprint density at radius 2 is 2.06 bits per heavy atom. The van der Waals surface area contributed by atoms with Gasteiger partial charge in [-0.05, 0) is 36.8 Å². The fourth-order valence-corrected chi connectivity index (χ4v) is 2.32. The van der Waals surface area contributed by atoms with E-state index >= 15 is 0 Å². The smallest absolute Gasteiger partial charge is 0.159 e. The van der Waals surface area contributed by atoms with Crippen molar-refractivity contribution in [3.8, 4) is 0 Å². The van der Waals surface area contributed by atoms with Crippen molar-refractivity contribution in [2.45, 2.75) is 19.4 Å². The number of hydrogen-bond acceptors (Lipinski definition) is 3. The Kier molecular flexibility index (Phi) is 7.23. The molecule has 0 radical (unpaired) electrons. The van der Waals surface area contributed by atoms with E-state index in [9.17, 15) is 8.78 Å². The summed E-state index contributed by atoms with van der Waals surface area (Å²) in [6.07, 6.45) is 0.809. The van der Waals surface area contributed by atoms with E-state index < -0.39 is 11.6 Å². The van der Waals surface area contributed by atoms with Crippen molar-refractivity contribution in [1.82, 2.24) is 5.32 Å². The van der Waals surface area contributed by atoms with Crippen LogP contribution in [0.5, 0.6) is 0 Å². The topological polar surface area (TPSA) is 32.3 Å². The van der Waals surface area contributed by atoms with Crippen LogP contribution >= 0.6 is 11.8 Å². The van der Waals surface area contributed by atoms with E-state index in [0.29, 0.717) is 0 Å². The molecule has 1 atom stereocenters. The largest absolute Gasteiger partial charge is 0.396 e. The van der Waals surface area contributed by atoms with Crippen molar-refractivity contribution in [2.24, 2.45) is 0 Å². The van der Waals surface area contributed by atoms with Gasteiger partial charge in [-0.15, -0.1) is 0 Å². The average Bonchev–Trinajstić information content (AvgIpc) is 2.36. The molecule has 0 saturated carbocycles. The molecule has 1 rings (SSSR count). The predicted octanol–water partition coefficient (Wildman–Crippen LogP) is 2.73. The molecule has 0 amide bonds. The van der Waals surface area contributed by atoms with Crippen LogP contribution in [-0.4, -0.2) is 29.8 Å². The van der Waals surface area contributed by atoms with Gasteiger partial charge in [-0.3, -0.25) is 0 Å². The van der Waals surface area contributed by atoms with Crippen molar-refractivity contribution < 1.29 is 13.9 Å². The molecule has 0 heterocycles. The van der Waals surface area contributed by atoms with Crippen LogP contribution in [0.2, 0.25) is 0 Å². The fraction of sp³-hybridized carbons (Fsp3) is 0.538. The summed E-state index contributed by atoms with van der Waals surface area (Å²) in [6, 6.07) is 3.97. The lowest BCUT2D eigenvalue weighted by molar-refractivity contribution is 0.296. The quantitative estimate of drug-likeness (QED) is 0.716. The van der Waals surface area contributed by atoms with Gasteiger partial charge in [-0.25, -0.2) is 8.78 Å². The molecule has 0 saturated heterocycles. The lowest BCUT2D eigenvalue weighted by Gasteiger charge is -2.14. The molecule has 1 aromatic carbocycles. The normalized spacial score (nSPS) is 12.7. The zero-order valence-corrected chi connectivity index (χ0v) is 11.3. The summed E-state index contributed by atoms with van der Waals surface area (Å²) in [4.78, 5) is 0. The molecule has 0 aliphatic carbocycles. The van der Waals surface area contributed by atoms with Crippen molar-refractivity contribution in [3.63, 3.8) is 0 Å². The summed E-state index contributed by atoms with van der Waals surface area (Å²) in [5, 5.41) is 11.9.